The van der Waals surface area contributed by atoms with Crippen LogP contribution in [0.15, 0.2) is 65.7 Å². The van der Waals surface area contributed by atoms with Crippen LogP contribution in [0.25, 0.3) is 0 Å². The number of amidine groups is 1. The van der Waals surface area contributed by atoms with Gasteiger partial charge in [0.25, 0.3) is 0 Å². The largest absolute Gasteiger partial charge is 0.444 e. The lowest BCUT2D eigenvalue weighted by Crippen LogP contribution is -2.54. The van der Waals surface area contributed by atoms with Crippen LogP contribution < -0.4 is 5.32 Å². The van der Waals surface area contributed by atoms with E-state index in [9.17, 15) is 4.79 Å². The third-order valence-corrected chi connectivity index (χ3v) is 5.19. The minimum Gasteiger partial charge on any atom is -0.444 e. The lowest BCUT2D eigenvalue weighted by atomic mass is 9.85. The molecule has 2 aromatic rings. The van der Waals surface area contributed by atoms with Gasteiger partial charge in [-0.2, -0.15) is 0 Å². The first-order chi connectivity index (χ1) is 14.5. The fourth-order valence-electron chi connectivity index (χ4n) is 3.74. The number of amides is 1. The topological polar surface area (TPSA) is 53.9 Å². The molecular weight excluding hydrogens is 386 g/mol. The van der Waals surface area contributed by atoms with E-state index in [2.05, 4.69) is 67.4 Å². The Morgan fingerprint density at radius 2 is 1.61 bits per heavy atom. The van der Waals surface area contributed by atoms with Crippen LogP contribution in [0.5, 0.6) is 0 Å². The summed E-state index contributed by atoms with van der Waals surface area (Å²) in [5.41, 5.74) is 1.60. The van der Waals surface area contributed by atoms with Crippen molar-refractivity contribution in [2.45, 2.75) is 65.8 Å². The van der Waals surface area contributed by atoms with Gasteiger partial charge >= 0.3 is 6.09 Å². The molecule has 166 valence electrons. The SMILES string of the molecule is CC(C)(C)OC(=O)N[C@@H](C1=NC(c2ccccc2)CN1Cc1ccccc1)C(C)(C)C. The van der Waals surface area contributed by atoms with E-state index in [1.54, 1.807) is 0 Å². The van der Waals surface area contributed by atoms with Crippen molar-refractivity contribution >= 4 is 11.9 Å². The van der Waals surface area contributed by atoms with E-state index in [1.165, 1.54) is 11.1 Å². The van der Waals surface area contributed by atoms with Gasteiger partial charge in [-0.15, -0.1) is 0 Å². The summed E-state index contributed by atoms with van der Waals surface area (Å²) in [6, 6.07) is 20.5. The Morgan fingerprint density at radius 3 is 2.16 bits per heavy atom. The van der Waals surface area contributed by atoms with Crippen LogP contribution in [-0.2, 0) is 11.3 Å². The van der Waals surface area contributed by atoms with Crippen molar-refractivity contribution in [2.75, 3.05) is 6.54 Å². The van der Waals surface area contributed by atoms with E-state index in [4.69, 9.17) is 9.73 Å². The number of carbonyl (C=O) groups excluding carboxylic acids is 1. The number of hydrogen-bond donors (Lipinski definition) is 1. The highest BCUT2D eigenvalue weighted by atomic mass is 16.6. The van der Waals surface area contributed by atoms with Crippen LogP contribution in [0.2, 0.25) is 0 Å². The minimum atomic E-state index is -0.555. The van der Waals surface area contributed by atoms with E-state index < -0.39 is 11.7 Å². The van der Waals surface area contributed by atoms with Gasteiger partial charge in [-0.1, -0.05) is 81.4 Å². The molecule has 5 nitrogen and oxygen atoms in total. The molecule has 1 heterocycles. The Hall–Kier alpha value is -2.82. The lowest BCUT2D eigenvalue weighted by molar-refractivity contribution is 0.0487. The quantitative estimate of drug-likeness (QED) is 0.685. The standard InChI is InChI=1S/C26H35N3O2/c1-25(2,3)22(28-24(30)31-26(4,5)6)23-27-21(20-15-11-8-12-16-20)18-29(23)17-19-13-9-7-10-14-19/h7-16,21-22H,17-18H2,1-6H3,(H,28,30)/t21?,22-/m0/s1. The molecule has 1 aliphatic heterocycles. The minimum absolute atomic E-state index is 0.0326. The fraction of sp³-hybridized carbons (Fsp3) is 0.462. The highest BCUT2D eigenvalue weighted by molar-refractivity contribution is 5.92. The van der Waals surface area contributed by atoms with E-state index in [0.717, 1.165) is 18.9 Å². The van der Waals surface area contributed by atoms with Gasteiger partial charge in [0.15, 0.2) is 0 Å². The highest BCUT2D eigenvalue weighted by Gasteiger charge is 2.39. The number of alkyl carbamates (subject to hydrolysis) is 1. The molecule has 31 heavy (non-hydrogen) atoms. The molecule has 2 atom stereocenters. The molecule has 2 aromatic carbocycles. The van der Waals surface area contributed by atoms with Crippen molar-refractivity contribution in [3.05, 3.63) is 71.8 Å². The van der Waals surface area contributed by atoms with E-state index in [-0.39, 0.29) is 17.5 Å². The van der Waals surface area contributed by atoms with Crippen molar-refractivity contribution in [3.8, 4) is 0 Å². The second-order valence-electron chi connectivity index (χ2n) is 10.2. The molecule has 1 aliphatic rings. The molecule has 0 spiro atoms. The molecule has 0 saturated carbocycles. The van der Waals surface area contributed by atoms with Crippen LogP contribution in [-0.4, -0.2) is 35.0 Å². The van der Waals surface area contributed by atoms with Crippen LogP contribution >= 0.6 is 0 Å². The molecule has 1 amide bonds. The smallest absolute Gasteiger partial charge is 0.408 e. The zero-order valence-electron chi connectivity index (χ0n) is 19.6. The van der Waals surface area contributed by atoms with Crippen molar-refractivity contribution in [3.63, 3.8) is 0 Å². The third kappa shape index (κ3) is 6.33. The van der Waals surface area contributed by atoms with Crippen molar-refractivity contribution in [1.29, 1.82) is 0 Å². The van der Waals surface area contributed by atoms with E-state index >= 15 is 0 Å². The number of benzene rings is 2. The molecular formula is C26H35N3O2. The summed E-state index contributed by atoms with van der Waals surface area (Å²) in [4.78, 5) is 20.1. The second-order valence-corrected chi connectivity index (χ2v) is 10.2. The van der Waals surface area contributed by atoms with Crippen molar-refractivity contribution in [2.24, 2.45) is 10.4 Å². The summed E-state index contributed by atoms with van der Waals surface area (Å²) >= 11 is 0. The number of rotatable bonds is 5. The van der Waals surface area contributed by atoms with Gasteiger partial charge in [-0.25, -0.2) is 4.79 Å². The Morgan fingerprint density at radius 1 is 1.03 bits per heavy atom. The zero-order valence-corrected chi connectivity index (χ0v) is 19.6. The van der Waals surface area contributed by atoms with Crippen molar-refractivity contribution in [1.82, 2.24) is 10.2 Å². The number of ether oxygens (including phenoxy) is 1. The Labute approximate surface area is 186 Å². The van der Waals surface area contributed by atoms with Gasteiger partial charge in [0.1, 0.15) is 11.4 Å². The Bertz CT molecular complexity index is 896. The summed E-state index contributed by atoms with van der Waals surface area (Å²) in [6.45, 7) is 13.5. The molecule has 0 bridgehead atoms. The van der Waals surface area contributed by atoms with Crippen LogP contribution in [0.4, 0.5) is 4.79 Å². The lowest BCUT2D eigenvalue weighted by Gasteiger charge is -2.36. The number of carbonyl (C=O) groups is 1. The molecule has 3 rings (SSSR count). The monoisotopic (exact) mass is 421 g/mol. The van der Waals surface area contributed by atoms with E-state index in [1.807, 2.05) is 45.0 Å². The van der Waals surface area contributed by atoms with Gasteiger partial charge < -0.3 is 15.0 Å². The maximum atomic E-state index is 12.7. The molecule has 0 fully saturated rings. The summed E-state index contributed by atoms with van der Waals surface area (Å²) in [6.07, 6.45) is -0.419. The molecule has 5 heteroatoms. The molecule has 1 unspecified atom stereocenters. The maximum absolute atomic E-state index is 12.7. The van der Waals surface area contributed by atoms with Crippen molar-refractivity contribution < 1.29 is 9.53 Å². The first kappa shape index (κ1) is 22.9. The van der Waals surface area contributed by atoms with Gasteiger partial charge in [-0.05, 0) is 37.3 Å². The summed E-state index contributed by atoms with van der Waals surface area (Å²) in [5.74, 6) is 0.899. The Kier molecular flexibility index (Phi) is 6.73. The van der Waals surface area contributed by atoms with Gasteiger partial charge in [0.05, 0.1) is 12.1 Å². The number of aliphatic imine (C=N–C) groups is 1. The maximum Gasteiger partial charge on any atom is 0.408 e. The number of hydrogen-bond acceptors (Lipinski definition) is 4. The normalized spacial score (nSPS) is 17.8. The van der Waals surface area contributed by atoms with Gasteiger partial charge in [0, 0.05) is 13.1 Å². The first-order valence-corrected chi connectivity index (χ1v) is 10.9. The van der Waals surface area contributed by atoms with Gasteiger partial charge in [0.2, 0.25) is 0 Å². The molecule has 0 saturated heterocycles. The summed E-state index contributed by atoms with van der Waals surface area (Å²) in [7, 11) is 0. The second kappa shape index (κ2) is 9.13. The fourth-order valence-corrected chi connectivity index (χ4v) is 3.74. The van der Waals surface area contributed by atoms with Crippen LogP contribution in [0.3, 0.4) is 0 Å². The Balaban J connectivity index is 1.93. The molecule has 0 aliphatic carbocycles. The predicted molar refractivity (Wildman–Crippen MR) is 126 cm³/mol. The molecule has 0 radical (unpaired) electrons. The first-order valence-electron chi connectivity index (χ1n) is 10.9. The zero-order chi connectivity index (χ0) is 22.6. The van der Waals surface area contributed by atoms with Crippen LogP contribution in [0.1, 0.15) is 58.7 Å². The average molecular weight is 422 g/mol. The molecule has 0 aromatic heterocycles. The number of nitrogens with one attached hydrogen (secondary N) is 1. The van der Waals surface area contributed by atoms with E-state index in [0.29, 0.717) is 0 Å². The number of nitrogens with zero attached hydrogens (tertiary/aromatic N) is 2. The summed E-state index contributed by atoms with van der Waals surface area (Å²) < 4.78 is 5.56. The highest BCUT2D eigenvalue weighted by Crippen LogP contribution is 2.32. The van der Waals surface area contributed by atoms with Crippen LogP contribution in [0, 0.1) is 5.41 Å². The predicted octanol–water partition coefficient (Wildman–Crippen LogP) is 5.58. The third-order valence-electron chi connectivity index (χ3n) is 5.19. The average Bonchev–Trinajstić information content (AvgIpc) is 3.08. The van der Waals surface area contributed by atoms with Gasteiger partial charge in [-0.3, -0.25) is 4.99 Å². The molecule has 1 N–H and O–H groups in total. The summed E-state index contributed by atoms with van der Waals surface area (Å²) in [5, 5.41) is 3.11.